The number of aromatic hydroxyl groups is 1. The fourth-order valence-electron chi connectivity index (χ4n) is 3.50. The van der Waals surface area contributed by atoms with Crippen LogP contribution in [0.3, 0.4) is 0 Å². The number of rotatable bonds is 4. The summed E-state index contributed by atoms with van der Waals surface area (Å²) in [5, 5.41) is 10.6. The predicted octanol–water partition coefficient (Wildman–Crippen LogP) is 3.16. The second-order valence-corrected chi connectivity index (χ2v) is 8.36. The van der Waals surface area contributed by atoms with E-state index in [2.05, 4.69) is 4.99 Å². The maximum Gasteiger partial charge on any atom is 0.338 e. The third-order valence-corrected chi connectivity index (χ3v) is 6.16. The van der Waals surface area contributed by atoms with Crippen LogP contribution in [0.5, 0.6) is 5.75 Å². The minimum Gasteiger partial charge on any atom is -0.507 e. The summed E-state index contributed by atoms with van der Waals surface area (Å²) in [6, 6.07) is 13.1. The number of halogens is 1. The molecule has 2 aromatic carbocycles. The lowest BCUT2D eigenvalue weighted by atomic mass is 9.96. The van der Waals surface area contributed by atoms with Gasteiger partial charge in [0.25, 0.3) is 5.56 Å². The number of fused-ring (bicyclic) bond motifs is 1. The Hall–Kier alpha value is -3.16. The number of para-hydroxylation sites is 1. The SMILES string of the molecule is CCOC(=O)C1=C(C)N=c2sc(=Cc3ccccc3O)c(=O)n2C1c1ccc(Cl)cc1. The van der Waals surface area contributed by atoms with E-state index in [0.29, 0.717) is 31.2 Å². The van der Waals surface area contributed by atoms with Gasteiger partial charge in [-0.05, 0) is 43.7 Å². The molecular weight excluding hydrogens is 436 g/mol. The lowest BCUT2D eigenvalue weighted by Gasteiger charge is -2.24. The van der Waals surface area contributed by atoms with Gasteiger partial charge in [-0.3, -0.25) is 9.36 Å². The highest BCUT2D eigenvalue weighted by Gasteiger charge is 2.33. The maximum atomic E-state index is 13.4. The van der Waals surface area contributed by atoms with Crippen molar-refractivity contribution < 1.29 is 14.6 Å². The molecule has 1 aliphatic rings. The molecule has 1 N–H and O–H groups in total. The first-order valence-electron chi connectivity index (χ1n) is 9.64. The number of esters is 1. The number of allylic oxidation sites excluding steroid dienone is 1. The van der Waals surface area contributed by atoms with Gasteiger partial charge in [0, 0.05) is 10.6 Å². The monoisotopic (exact) mass is 454 g/mol. The van der Waals surface area contributed by atoms with E-state index in [4.69, 9.17) is 16.3 Å². The molecule has 0 saturated carbocycles. The fourth-order valence-corrected chi connectivity index (χ4v) is 4.67. The third kappa shape index (κ3) is 3.94. The second kappa shape index (κ2) is 8.53. The normalized spacial score (nSPS) is 16.1. The first-order chi connectivity index (χ1) is 14.9. The van der Waals surface area contributed by atoms with E-state index in [0.717, 1.165) is 5.56 Å². The molecule has 0 radical (unpaired) electrons. The van der Waals surface area contributed by atoms with Gasteiger partial charge >= 0.3 is 5.97 Å². The number of thiazole rings is 1. The van der Waals surface area contributed by atoms with Gasteiger partial charge < -0.3 is 9.84 Å². The molecule has 4 rings (SSSR count). The van der Waals surface area contributed by atoms with E-state index in [1.165, 1.54) is 15.9 Å². The number of hydrogen-bond donors (Lipinski definition) is 1. The van der Waals surface area contributed by atoms with Crippen molar-refractivity contribution in [1.29, 1.82) is 0 Å². The molecule has 6 nitrogen and oxygen atoms in total. The van der Waals surface area contributed by atoms with Crippen LogP contribution in [0.25, 0.3) is 6.08 Å². The van der Waals surface area contributed by atoms with E-state index in [9.17, 15) is 14.7 Å². The number of benzene rings is 2. The molecule has 8 heteroatoms. The number of carbonyl (C=O) groups excluding carboxylic acids is 1. The quantitative estimate of drug-likeness (QED) is 0.614. The van der Waals surface area contributed by atoms with Crippen LogP contribution >= 0.6 is 22.9 Å². The van der Waals surface area contributed by atoms with Crippen LogP contribution < -0.4 is 14.9 Å². The molecule has 2 heterocycles. The van der Waals surface area contributed by atoms with Crippen molar-refractivity contribution >= 4 is 35.0 Å². The number of ether oxygens (including phenoxy) is 1. The van der Waals surface area contributed by atoms with Gasteiger partial charge in [-0.2, -0.15) is 0 Å². The average molecular weight is 455 g/mol. The first kappa shape index (κ1) is 21.1. The van der Waals surface area contributed by atoms with Gasteiger partial charge in [-0.15, -0.1) is 0 Å². The topological polar surface area (TPSA) is 80.9 Å². The standard InChI is InChI=1S/C23H19ClN2O4S/c1-3-30-22(29)19-13(2)25-23-26(20(19)14-8-10-16(24)11-9-14)21(28)18(31-23)12-15-6-4-5-7-17(15)27/h4-12,20,27H,3H2,1-2H3. The predicted molar refractivity (Wildman–Crippen MR) is 120 cm³/mol. The van der Waals surface area contributed by atoms with Crippen LogP contribution in [0.4, 0.5) is 0 Å². The minimum atomic E-state index is -0.695. The number of aromatic nitrogens is 1. The lowest BCUT2D eigenvalue weighted by molar-refractivity contribution is -0.139. The van der Waals surface area contributed by atoms with Crippen LogP contribution in [-0.4, -0.2) is 22.2 Å². The first-order valence-corrected chi connectivity index (χ1v) is 10.8. The Morgan fingerprint density at radius 2 is 1.97 bits per heavy atom. The minimum absolute atomic E-state index is 0.0750. The van der Waals surface area contributed by atoms with E-state index in [1.54, 1.807) is 68.5 Å². The highest BCUT2D eigenvalue weighted by molar-refractivity contribution is 7.07. The summed E-state index contributed by atoms with van der Waals surface area (Å²) in [6.07, 6.45) is 1.63. The number of carbonyl (C=O) groups is 1. The van der Waals surface area contributed by atoms with Crippen molar-refractivity contribution in [2.75, 3.05) is 6.61 Å². The second-order valence-electron chi connectivity index (χ2n) is 6.91. The van der Waals surface area contributed by atoms with Gasteiger partial charge in [-0.1, -0.05) is 53.3 Å². The Labute approximate surface area is 187 Å². The summed E-state index contributed by atoms with van der Waals surface area (Å²) in [5.74, 6) is -0.440. The molecule has 0 aliphatic carbocycles. The largest absolute Gasteiger partial charge is 0.507 e. The van der Waals surface area contributed by atoms with E-state index < -0.39 is 12.0 Å². The van der Waals surface area contributed by atoms with Crippen LogP contribution in [0.1, 0.15) is 31.0 Å². The van der Waals surface area contributed by atoms with Crippen molar-refractivity contribution in [3.63, 3.8) is 0 Å². The Kier molecular flexibility index (Phi) is 5.80. The number of hydrogen-bond acceptors (Lipinski definition) is 6. The molecule has 1 atom stereocenters. The van der Waals surface area contributed by atoms with Crippen molar-refractivity contribution in [3.8, 4) is 5.75 Å². The zero-order valence-corrected chi connectivity index (χ0v) is 18.4. The van der Waals surface area contributed by atoms with Crippen molar-refractivity contribution in [2.24, 2.45) is 4.99 Å². The zero-order valence-electron chi connectivity index (χ0n) is 16.8. The smallest absolute Gasteiger partial charge is 0.338 e. The van der Waals surface area contributed by atoms with Crippen molar-refractivity contribution in [3.05, 3.63) is 95.6 Å². The van der Waals surface area contributed by atoms with Gasteiger partial charge in [0.2, 0.25) is 0 Å². The van der Waals surface area contributed by atoms with Crippen LogP contribution in [0.2, 0.25) is 5.02 Å². The Balaban J connectivity index is 1.97. The summed E-state index contributed by atoms with van der Waals surface area (Å²) >= 11 is 7.25. The molecule has 0 spiro atoms. The summed E-state index contributed by atoms with van der Waals surface area (Å²) < 4.78 is 7.16. The zero-order chi connectivity index (χ0) is 22.1. The summed E-state index contributed by atoms with van der Waals surface area (Å²) in [7, 11) is 0. The summed E-state index contributed by atoms with van der Waals surface area (Å²) in [6.45, 7) is 3.67. The summed E-state index contributed by atoms with van der Waals surface area (Å²) in [4.78, 5) is 31.2. The Bertz CT molecular complexity index is 1370. The van der Waals surface area contributed by atoms with Gasteiger partial charge in [0.05, 0.1) is 28.5 Å². The van der Waals surface area contributed by atoms with Gasteiger partial charge in [0.15, 0.2) is 4.80 Å². The molecular formula is C23H19ClN2O4S. The number of nitrogens with zero attached hydrogens (tertiary/aromatic N) is 2. The molecule has 0 bridgehead atoms. The van der Waals surface area contributed by atoms with Crippen molar-refractivity contribution in [1.82, 2.24) is 4.57 Å². The van der Waals surface area contributed by atoms with E-state index in [-0.39, 0.29) is 17.9 Å². The molecule has 3 aromatic rings. The van der Waals surface area contributed by atoms with Crippen molar-refractivity contribution in [2.45, 2.75) is 19.9 Å². The average Bonchev–Trinajstić information content (AvgIpc) is 3.04. The molecule has 31 heavy (non-hydrogen) atoms. The molecule has 1 aliphatic heterocycles. The highest BCUT2D eigenvalue weighted by atomic mass is 35.5. The molecule has 158 valence electrons. The lowest BCUT2D eigenvalue weighted by Crippen LogP contribution is -2.39. The molecule has 0 saturated heterocycles. The van der Waals surface area contributed by atoms with E-state index >= 15 is 0 Å². The number of phenolic OH excluding ortho intramolecular Hbond substituents is 1. The van der Waals surface area contributed by atoms with Gasteiger partial charge in [-0.25, -0.2) is 9.79 Å². The number of phenols is 1. The molecule has 0 amide bonds. The summed E-state index contributed by atoms with van der Waals surface area (Å²) in [5.41, 5.74) is 1.75. The molecule has 1 unspecified atom stereocenters. The highest BCUT2D eigenvalue weighted by Crippen LogP contribution is 2.31. The third-order valence-electron chi connectivity index (χ3n) is 4.93. The van der Waals surface area contributed by atoms with Crippen LogP contribution in [0, 0.1) is 0 Å². The Morgan fingerprint density at radius 1 is 1.26 bits per heavy atom. The molecule has 1 aromatic heterocycles. The van der Waals surface area contributed by atoms with Crippen LogP contribution in [-0.2, 0) is 9.53 Å². The molecule has 0 fully saturated rings. The van der Waals surface area contributed by atoms with E-state index in [1.807, 2.05) is 0 Å². The van der Waals surface area contributed by atoms with Crippen LogP contribution in [0.15, 0.2) is 69.6 Å². The fraction of sp³-hybridized carbons (Fsp3) is 0.174. The Morgan fingerprint density at radius 3 is 2.65 bits per heavy atom. The van der Waals surface area contributed by atoms with Gasteiger partial charge in [0.1, 0.15) is 5.75 Å². The maximum absolute atomic E-state index is 13.4.